The van der Waals surface area contributed by atoms with Crippen LogP contribution in [0, 0.1) is 10.1 Å². The van der Waals surface area contributed by atoms with Gasteiger partial charge in [-0.05, 0) is 19.1 Å². The third-order valence-corrected chi connectivity index (χ3v) is 2.68. The van der Waals surface area contributed by atoms with Crippen LogP contribution in [0.15, 0.2) is 18.2 Å². The van der Waals surface area contributed by atoms with Crippen molar-refractivity contribution in [2.75, 3.05) is 7.11 Å². The van der Waals surface area contributed by atoms with E-state index in [0.29, 0.717) is 5.75 Å². The lowest BCUT2D eigenvalue weighted by molar-refractivity contribution is -0.385. The number of ketones is 1. The van der Waals surface area contributed by atoms with Gasteiger partial charge in [-0.25, -0.2) is 0 Å². The summed E-state index contributed by atoms with van der Waals surface area (Å²) in [4.78, 5) is 32.6. The van der Waals surface area contributed by atoms with Crippen molar-refractivity contribution in [1.82, 2.24) is 0 Å². The summed E-state index contributed by atoms with van der Waals surface area (Å²) >= 11 is 0. The van der Waals surface area contributed by atoms with Gasteiger partial charge in [0.05, 0.1) is 24.4 Å². The highest BCUT2D eigenvalue weighted by atomic mass is 16.6. The van der Waals surface area contributed by atoms with Crippen LogP contribution < -0.4 is 4.74 Å². The van der Waals surface area contributed by atoms with Gasteiger partial charge in [-0.1, -0.05) is 0 Å². The lowest BCUT2D eigenvalue weighted by atomic mass is 9.90. The summed E-state index contributed by atoms with van der Waals surface area (Å²) in [5.74, 6) is -2.37. The second kappa shape index (κ2) is 5.94. The maximum atomic E-state index is 11.5. The molecule has 0 aliphatic heterocycles. The second-order valence-electron chi connectivity index (χ2n) is 3.94. The summed E-state index contributed by atoms with van der Waals surface area (Å²) in [5.41, 5.74) is -0.235. The average molecular weight is 267 g/mol. The van der Waals surface area contributed by atoms with Crippen molar-refractivity contribution in [2.45, 2.75) is 19.3 Å². The molecule has 0 bridgehead atoms. The number of carbonyl (C=O) groups excluding carboxylic acids is 1. The van der Waals surface area contributed by atoms with Crippen molar-refractivity contribution in [3.8, 4) is 5.75 Å². The molecule has 102 valence electrons. The van der Waals surface area contributed by atoms with Gasteiger partial charge in [-0.3, -0.25) is 19.7 Å². The number of carboxylic acids is 1. The molecule has 1 N–H and O–H groups in total. The molecule has 7 heteroatoms. The maximum absolute atomic E-state index is 11.5. The van der Waals surface area contributed by atoms with Gasteiger partial charge in [-0.2, -0.15) is 0 Å². The Morgan fingerprint density at radius 2 is 2.11 bits per heavy atom. The summed E-state index contributed by atoms with van der Waals surface area (Å²) in [6, 6.07) is 3.92. The number of aliphatic carboxylic acids is 1. The molecule has 0 radical (unpaired) electrons. The Bertz CT molecular complexity index is 525. The van der Waals surface area contributed by atoms with E-state index in [2.05, 4.69) is 0 Å². The van der Waals surface area contributed by atoms with E-state index in [1.54, 1.807) is 0 Å². The molecule has 1 aromatic carbocycles. The highest BCUT2D eigenvalue weighted by Gasteiger charge is 2.28. The monoisotopic (exact) mass is 267 g/mol. The molecule has 0 saturated heterocycles. The minimum absolute atomic E-state index is 0.0549. The minimum Gasteiger partial charge on any atom is -0.497 e. The quantitative estimate of drug-likeness (QED) is 0.621. The summed E-state index contributed by atoms with van der Waals surface area (Å²) in [5, 5.41) is 19.7. The van der Waals surface area contributed by atoms with Crippen LogP contribution in [0.25, 0.3) is 0 Å². The predicted octanol–water partition coefficient (Wildman–Crippen LogP) is 1.75. The Kier molecular flexibility index (Phi) is 4.57. The van der Waals surface area contributed by atoms with Crippen LogP contribution in [0.5, 0.6) is 5.75 Å². The average Bonchev–Trinajstić information content (AvgIpc) is 2.34. The molecule has 0 spiro atoms. The van der Waals surface area contributed by atoms with E-state index in [4.69, 9.17) is 9.84 Å². The van der Waals surface area contributed by atoms with E-state index in [0.717, 1.165) is 0 Å². The van der Waals surface area contributed by atoms with Gasteiger partial charge in [0.2, 0.25) is 0 Å². The van der Waals surface area contributed by atoms with Crippen LogP contribution in [-0.2, 0) is 9.59 Å². The number of ether oxygens (including phenoxy) is 1. The van der Waals surface area contributed by atoms with E-state index >= 15 is 0 Å². The third-order valence-electron chi connectivity index (χ3n) is 2.68. The van der Waals surface area contributed by atoms with Crippen molar-refractivity contribution < 1.29 is 24.4 Å². The number of Topliss-reactive ketones (excluding diaryl/α,β-unsaturated/α-hetero) is 1. The van der Waals surface area contributed by atoms with Crippen molar-refractivity contribution in [2.24, 2.45) is 0 Å². The van der Waals surface area contributed by atoms with Gasteiger partial charge >= 0.3 is 5.97 Å². The van der Waals surface area contributed by atoms with Gasteiger partial charge in [0, 0.05) is 11.6 Å². The molecule has 1 aromatic rings. The molecule has 0 aromatic heterocycles. The summed E-state index contributed by atoms with van der Waals surface area (Å²) < 4.78 is 4.94. The zero-order chi connectivity index (χ0) is 14.6. The standard InChI is InChI=1S/C12H13NO6/c1-7(14)9(6-12(15)16)10-5-8(19-2)3-4-11(10)13(17)18/h3-5,9H,6H2,1-2H3,(H,15,16). The van der Waals surface area contributed by atoms with Crippen LogP contribution in [-0.4, -0.2) is 28.9 Å². The number of nitrogens with zero attached hydrogens (tertiary/aromatic N) is 1. The first-order valence-electron chi connectivity index (χ1n) is 5.41. The number of benzene rings is 1. The summed E-state index contributed by atoms with van der Waals surface area (Å²) in [7, 11) is 1.38. The van der Waals surface area contributed by atoms with Gasteiger partial charge < -0.3 is 9.84 Å². The van der Waals surface area contributed by atoms with Crippen LogP contribution in [0.3, 0.4) is 0 Å². The zero-order valence-corrected chi connectivity index (χ0v) is 10.5. The molecule has 0 fully saturated rings. The molecule has 1 rings (SSSR count). The molecule has 0 aliphatic rings. The molecule has 7 nitrogen and oxygen atoms in total. The number of nitro groups is 1. The Labute approximate surface area is 109 Å². The van der Waals surface area contributed by atoms with Crippen LogP contribution in [0.4, 0.5) is 5.69 Å². The van der Waals surface area contributed by atoms with E-state index in [1.165, 1.54) is 32.2 Å². The normalized spacial score (nSPS) is 11.7. The molecule has 1 unspecified atom stereocenters. The third kappa shape index (κ3) is 3.51. The maximum Gasteiger partial charge on any atom is 0.304 e. The van der Waals surface area contributed by atoms with Crippen molar-refractivity contribution in [3.63, 3.8) is 0 Å². The Balaban J connectivity index is 3.36. The number of methoxy groups -OCH3 is 1. The number of hydrogen-bond donors (Lipinski definition) is 1. The summed E-state index contributed by atoms with van der Waals surface area (Å²) in [6.45, 7) is 1.21. The topological polar surface area (TPSA) is 107 Å². The van der Waals surface area contributed by atoms with E-state index in [1.807, 2.05) is 0 Å². The smallest absolute Gasteiger partial charge is 0.304 e. The minimum atomic E-state index is -1.20. The SMILES string of the molecule is COc1ccc([N+](=O)[O-])c(C(CC(=O)O)C(C)=O)c1. The Morgan fingerprint density at radius 1 is 1.47 bits per heavy atom. The Morgan fingerprint density at radius 3 is 2.53 bits per heavy atom. The van der Waals surface area contributed by atoms with Crippen LogP contribution in [0.1, 0.15) is 24.8 Å². The fourth-order valence-corrected chi connectivity index (χ4v) is 1.75. The number of carbonyl (C=O) groups is 2. The van der Waals surface area contributed by atoms with Crippen LogP contribution in [0.2, 0.25) is 0 Å². The zero-order valence-electron chi connectivity index (χ0n) is 10.5. The molecule has 0 heterocycles. The predicted molar refractivity (Wildman–Crippen MR) is 65.3 cm³/mol. The number of carboxylic acid groups (broad SMARTS) is 1. The van der Waals surface area contributed by atoms with Crippen LogP contribution >= 0.6 is 0 Å². The molecular formula is C12H13NO6. The molecule has 0 aliphatic carbocycles. The van der Waals surface area contributed by atoms with Gasteiger partial charge in [0.1, 0.15) is 11.5 Å². The largest absolute Gasteiger partial charge is 0.497 e. The molecule has 1 atom stereocenters. The number of rotatable bonds is 6. The van der Waals surface area contributed by atoms with E-state index < -0.39 is 29.0 Å². The van der Waals surface area contributed by atoms with E-state index in [9.17, 15) is 19.7 Å². The Hall–Kier alpha value is -2.44. The first-order chi connectivity index (χ1) is 8.86. The van der Waals surface area contributed by atoms with Crippen molar-refractivity contribution in [3.05, 3.63) is 33.9 Å². The number of hydrogen-bond acceptors (Lipinski definition) is 5. The van der Waals surface area contributed by atoms with Gasteiger partial charge in [0.15, 0.2) is 0 Å². The van der Waals surface area contributed by atoms with Crippen molar-refractivity contribution in [1.29, 1.82) is 0 Å². The first kappa shape index (κ1) is 14.6. The van der Waals surface area contributed by atoms with Gasteiger partial charge in [-0.15, -0.1) is 0 Å². The van der Waals surface area contributed by atoms with E-state index in [-0.39, 0.29) is 11.3 Å². The second-order valence-corrected chi connectivity index (χ2v) is 3.94. The fraction of sp³-hybridized carbons (Fsp3) is 0.333. The molecule has 0 saturated carbocycles. The fourth-order valence-electron chi connectivity index (χ4n) is 1.75. The summed E-state index contributed by atoms with van der Waals surface area (Å²) in [6.07, 6.45) is -0.497. The van der Waals surface area contributed by atoms with Gasteiger partial charge in [0.25, 0.3) is 5.69 Å². The molecular weight excluding hydrogens is 254 g/mol. The number of nitro benzene ring substituents is 1. The highest BCUT2D eigenvalue weighted by Crippen LogP contribution is 2.32. The molecule has 0 amide bonds. The highest BCUT2D eigenvalue weighted by molar-refractivity contribution is 5.88. The first-order valence-corrected chi connectivity index (χ1v) is 5.41. The lowest BCUT2D eigenvalue weighted by Crippen LogP contribution is -2.15. The molecule has 19 heavy (non-hydrogen) atoms. The van der Waals surface area contributed by atoms with Crippen molar-refractivity contribution >= 4 is 17.4 Å². The lowest BCUT2D eigenvalue weighted by Gasteiger charge is -2.13.